The Morgan fingerprint density at radius 3 is 1.90 bits per heavy atom. The van der Waals surface area contributed by atoms with Crippen molar-refractivity contribution in [2.24, 2.45) is 5.92 Å². The molecule has 0 aromatic heterocycles. The summed E-state index contributed by atoms with van der Waals surface area (Å²) >= 11 is 0. The molecule has 0 aromatic rings. The van der Waals surface area contributed by atoms with Gasteiger partial charge in [0.1, 0.15) is 0 Å². The van der Waals surface area contributed by atoms with Crippen molar-refractivity contribution in [3.63, 3.8) is 0 Å². The third-order valence-electron chi connectivity index (χ3n) is 4.40. The molecule has 20 heavy (non-hydrogen) atoms. The Balaban J connectivity index is 2.74. The molecule has 0 heterocycles. The maximum atomic E-state index is 6.42. The van der Waals surface area contributed by atoms with Gasteiger partial charge in [-0.1, -0.05) is 51.9 Å². The summed E-state index contributed by atoms with van der Waals surface area (Å²) in [5.41, 5.74) is 1.53. The normalized spacial score (nSPS) is 28.1. The van der Waals surface area contributed by atoms with Crippen molar-refractivity contribution in [1.82, 2.24) is 0 Å². The minimum Gasteiger partial charge on any atom is -0.547 e. The highest BCUT2D eigenvalue weighted by Gasteiger charge is 2.20. The van der Waals surface area contributed by atoms with Crippen LogP contribution in [0.25, 0.3) is 0 Å². The molecule has 1 aliphatic rings. The molecule has 0 saturated heterocycles. The molecule has 0 spiro atoms. The van der Waals surface area contributed by atoms with Gasteiger partial charge in [-0.2, -0.15) is 0 Å². The first-order chi connectivity index (χ1) is 9.40. The molecule has 0 bridgehead atoms. The van der Waals surface area contributed by atoms with Crippen LogP contribution in [-0.2, 0) is 4.43 Å². The second kappa shape index (κ2) is 8.91. The van der Waals surface area contributed by atoms with E-state index in [2.05, 4.69) is 33.5 Å². The molecule has 118 valence electrons. The third kappa shape index (κ3) is 7.52. The molecule has 1 rings (SSSR count). The van der Waals surface area contributed by atoms with Gasteiger partial charge in [-0.05, 0) is 50.9 Å². The third-order valence-corrected chi connectivity index (χ3v) is 5.26. The van der Waals surface area contributed by atoms with Crippen LogP contribution in [0.1, 0.15) is 78.1 Å². The van der Waals surface area contributed by atoms with E-state index >= 15 is 0 Å². The minimum absolute atomic E-state index is 0.696. The summed E-state index contributed by atoms with van der Waals surface area (Å²) in [6.07, 6.45) is 13.7. The van der Waals surface area contributed by atoms with Crippen molar-refractivity contribution < 1.29 is 4.43 Å². The summed E-state index contributed by atoms with van der Waals surface area (Å²) in [4.78, 5) is 0. The zero-order valence-corrected chi connectivity index (χ0v) is 15.6. The number of allylic oxidation sites excluding steroid dienone is 2. The SMILES string of the molecule is C/C1=C(\O[Si](C)(C)C)CCCCCCCCCCC1C. The fraction of sp³-hybridized carbons (Fsp3) is 0.889. The lowest BCUT2D eigenvalue weighted by Crippen LogP contribution is -2.26. The molecule has 1 aliphatic carbocycles. The summed E-state index contributed by atoms with van der Waals surface area (Å²) in [6.45, 7) is 11.6. The molecule has 0 fully saturated rings. The molecular formula is C18H36OSi. The molecule has 2 heteroatoms. The molecule has 0 N–H and O–H groups in total. The second-order valence-corrected chi connectivity index (χ2v) is 12.0. The Kier molecular flexibility index (Phi) is 7.94. The van der Waals surface area contributed by atoms with Gasteiger partial charge < -0.3 is 4.43 Å². The Labute approximate surface area is 128 Å². The van der Waals surface area contributed by atoms with Crippen LogP contribution in [0.5, 0.6) is 0 Å². The lowest BCUT2D eigenvalue weighted by molar-refractivity contribution is 0.373. The summed E-state index contributed by atoms with van der Waals surface area (Å²) in [5.74, 6) is 2.04. The molecule has 1 nitrogen and oxygen atoms in total. The monoisotopic (exact) mass is 296 g/mol. The van der Waals surface area contributed by atoms with Crippen LogP contribution in [0.15, 0.2) is 11.3 Å². The van der Waals surface area contributed by atoms with Crippen molar-refractivity contribution in [2.45, 2.75) is 97.7 Å². The van der Waals surface area contributed by atoms with E-state index in [1.54, 1.807) is 0 Å². The fourth-order valence-corrected chi connectivity index (χ4v) is 3.99. The average molecular weight is 297 g/mol. The Bertz CT molecular complexity index is 301. The molecule has 1 atom stereocenters. The van der Waals surface area contributed by atoms with Crippen molar-refractivity contribution >= 4 is 8.32 Å². The van der Waals surface area contributed by atoms with Crippen LogP contribution in [0.3, 0.4) is 0 Å². The Morgan fingerprint density at radius 1 is 0.850 bits per heavy atom. The molecule has 0 amide bonds. The first-order valence-corrected chi connectivity index (χ1v) is 12.2. The number of rotatable bonds is 2. The van der Waals surface area contributed by atoms with Gasteiger partial charge in [-0.15, -0.1) is 0 Å². The maximum Gasteiger partial charge on any atom is 0.241 e. The lowest BCUT2D eigenvalue weighted by atomic mass is 9.94. The van der Waals surface area contributed by atoms with Crippen LogP contribution in [0.2, 0.25) is 19.6 Å². The number of hydrogen-bond acceptors (Lipinski definition) is 1. The van der Waals surface area contributed by atoms with Gasteiger partial charge in [0.15, 0.2) is 0 Å². The average Bonchev–Trinajstić information content (AvgIpc) is 2.37. The maximum absolute atomic E-state index is 6.42. The van der Waals surface area contributed by atoms with Crippen LogP contribution < -0.4 is 0 Å². The van der Waals surface area contributed by atoms with E-state index in [0.717, 1.165) is 0 Å². The van der Waals surface area contributed by atoms with Crippen molar-refractivity contribution in [3.05, 3.63) is 11.3 Å². The summed E-state index contributed by atoms with van der Waals surface area (Å²) in [7, 11) is -1.47. The van der Waals surface area contributed by atoms with E-state index in [1.807, 2.05) is 0 Å². The van der Waals surface area contributed by atoms with Crippen molar-refractivity contribution in [2.75, 3.05) is 0 Å². The van der Waals surface area contributed by atoms with Crippen molar-refractivity contribution in [3.8, 4) is 0 Å². The van der Waals surface area contributed by atoms with Gasteiger partial charge in [0.05, 0.1) is 5.76 Å². The van der Waals surface area contributed by atoms with Crippen molar-refractivity contribution in [1.29, 1.82) is 0 Å². The minimum atomic E-state index is -1.47. The highest BCUT2D eigenvalue weighted by atomic mass is 28.4. The van der Waals surface area contributed by atoms with Crippen LogP contribution in [-0.4, -0.2) is 8.32 Å². The predicted molar refractivity (Wildman–Crippen MR) is 92.5 cm³/mol. The van der Waals surface area contributed by atoms with E-state index in [9.17, 15) is 0 Å². The lowest BCUT2D eigenvalue weighted by Gasteiger charge is -2.26. The molecule has 0 saturated carbocycles. The predicted octanol–water partition coefficient (Wildman–Crippen LogP) is 6.66. The molecule has 0 aromatic carbocycles. The van der Waals surface area contributed by atoms with Gasteiger partial charge in [0.2, 0.25) is 8.32 Å². The van der Waals surface area contributed by atoms with Crippen LogP contribution in [0, 0.1) is 5.92 Å². The summed E-state index contributed by atoms with van der Waals surface area (Å²) in [5, 5.41) is 0. The molecule has 1 unspecified atom stereocenters. The molecular weight excluding hydrogens is 260 g/mol. The Morgan fingerprint density at radius 2 is 1.35 bits per heavy atom. The molecule has 0 radical (unpaired) electrons. The zero-order chi connectivity index (χ0) is 15.0. The van der Waals surface area contributed by atoms with E-state index in [4.69, 9.17) is 4.43 Å². The largest absolute Gasteiger partial charge is 0.547 e. The smallest absolute Gasteiger partial charge is 0.241 e. The number of hydrogen-bond donors (Lipinski definition) is 0. The van der Waals surface area contributed by atoms with Gasteiger partial charge in [0.25, 0.3) is 0 Å². The first-order valence-electron chi connectivity index (χ1n) is 8.79. The zero-order valence-electron chi connectivity index (χ0n) is 14.6. The van der Waals surface area contributed by atoms with Gasteiger partial charge >= 0.3 is 0 Å². The van der Waals surface area contributed by atoms with Crippen LogP contribution in [0.4, 0.5) is 0 Å². The fourth-order valence-electron chi connectivity index (χ4n) is 2.99. The van der Waals surface area contributed by atoms with Gasteiger partial charge in [-0.3, -0.25) is 0 Å². The topological polar surface area (TPSA) is 9.23 Å². The van der Waals surface area contributed by atoms with E-state index in [0.29, 0.717) is 5.92 Å². The first kappa shape index (κ1) is 17.8. The summed E-state index contributed by atoms with van der Waals surface area (Å²) in [6, 6.07) is 0. The Hall–Kier alpha value is -0.243. The van der Waals surface area contributed by atoms with E-state index in [-0.39, 0.29) is 0 Å². The van der Waals surface area contributed by atoms with E-state index < -0.39 is 8.32 Å². The van der Waals surface area contributed by atoms with Gasteiger partial charge in [-0.25, -0.2) is 0 Å². The van der Waals surface area contributed by atoms with Crippen LogP contribution >= 0.6 is 0 Å². The highest BCUT2D eigenvalue weighted by Crippen LogP contribution is 2.28. The molecule has 0 aliphatic heterocycles. The summed E-state index contributed by atoms with van der Waals surface area (Å²) < 4.78 is 6.42. The quantitative estimate of drug-likeness (QED) is 0.517. The highest BCUT2D eigenvalue weighted by molar-refractivity contribution is 6.70. The van der Waals surface area contributed by atoms with E-state index in [1.165, 1.54) is 75.5 Å². The second-order valence-electron chi connectivity index (χ2n) is 7.59. The standard InChI is InChI=1S/C18H36OSi/c1-16-14-12-10-8-6-7-9-11-13-15-18(17(16)2)19-20(3,4)5/h16H,6-15H2,1-5H3/b18-17+. The van der Waals surface area contributed by atoms with Gasteiger partial charge in [0, 0.05) is 6.42 Å².